The predicted molar refractivity (Wildman–Crippen MR) is 105 cm³/mol. The van der Waals surface area contributed by atoms with Gasteiger partial charge >= 0.3 is 6.01 Å². The molecule has 0 aliphatic heterocycles. The Hall–Kier alpha value is -3.40. The highest BCUT2D eigenvalue weighted by molar-refractivity contribution is 7.91. The smallest absolute Gasteiger partial charge is 0.322 e. The standard InChI is InChI=1S/C19H19N3O6S/c1-26-13-8-9-16(27-2)15(12-13)18-21-22-19(28-18)20-17(23)10-11-29(24,25)14-6-4-3-5-7-14/h3-9,12H,10-11H2,1-2H3,(H,20,22,23). The molecule has 10 heteroatoms. The number of amides is 1. The van der Waals surface area contributed by atoms with Gasteiger partial charge in [0.05, 0.1) is 30.4 Å². The number of ether oxygens (including phenoxy) is 2. The van der Waals surface area contributed by atoms with Crippen molar-refractivity contribution < 1.29 is 27.1 Å². The van der Waals surface area contributed by atoms with Crippen molar-refractivity contribution in [3.63, 3.8) is 0 Å². The Labute approximate surface area is 167 Å². The van der Waals surface area contributed by atoms with Gasteiger partial charge in [-0.2, -0.15) is 0 Å². The molecule has 152 valence electrons. The molecule has 0 radical (unpaired) electrons. The molecule has 1 amide bonds. The van der Waals surface area contributed by atoms with Crippen LogP contribution in [0.4, 0.5) is 6.01 Å². The Morgan fingerprint density at radius 1 is 1.07 bits per heavy atom. The number of nitrogens with one attached hydrogen (secondary N) is 1. The third-order valence-corrected chi connectivity index (χ3v) is 5.74. The molecule has 0 saturated carbocycles. The van der Waals surface area contributed by atoms with Gasteiger partial charge in [0.2, 0.25) is 5.91 Å². The van der Waals surface area contributed by atoms with Crippen molar-refractivity contribution in [1.29, 1.82) is 0 Å². The van der Waals surface area contributed by atoms with Crippen molar-refractivity contribution in [1.82, 2.24) is 10.2 Å². The first-order chi connectivity index (χ1) is 13.9. The molecule has 0 spiro atoms. The largest absolute Gasteiger partial charge is 0.497 e. The second kappa shape index (κ2) is 8.74. The molecular formula is C19H19N3O6S. The van der Waals surface area contributed by atoms with Gasteiger partial charge in [0.1, 0.15) is 11.5 Å². The molecular weight excluding hydrogens is 398 g/mol. The number of nitrogens with zero attached hydrogens (tertiary/aromatic N) is 2. The van der Waals surface area contributed by atoms with E-state index in [0.29, 0.717) is 17.1 Å². The molecule has 3 aromatic rings. The lowest BCUT2D eigenvalue weighted by Crippen LogP contribution is -2.17. The van der Waals surface area contributed by atoms with Gasteiger partial charge < -0.3 is 13.9 Å². The van der Waals surface area contributed by atoms with Crippen molar-refractivity contribution in [2.45, 2.75) is 11.3 Å². The second-order valence-corrected chi connectivity index (χ2v) is 8.02. The molecule has 0 unspecified atom stereocenters. The Balaban J connectivity index is 1.67. The van der Waals surface area contributed by atoms with Crippen LogP contribution in [-0.4, -0.2) is 44.5 Å². The molecule has 2 aromatic carbocycles. The van der Waals surface area contributed by atoms with E-state index in [2.05, 4.69) is 15.5 Å². The number of hydrogen-bond donors (Lipinski definition) is 1. The maximum Gasteiger partial charge on any atom is 0.322 e. The van der Waals surface area contributed by atoms with Gasteiger partial charge in [0, 0.05) is 6.42 Å². The highest BCUT2D eigenvalue weighted by Gasteiger charge is 2.19. The van der Waals surface area contributed by atoms with Crippen LogP contribution in [0.5, 0.6) is 11.5 Å². The topological polar surface area (TPSA) is 121 Å². The third kappa shape index (κ3) is 4.91. The fraction of sp³-hybridized carbons (Fsp3) is 0.211. The number of aromatic nitrogens is 2. The van der Waals surface area contributed by atoms with Gasteiger partial charge in [0.15, 0.2) is 9.84 Å². The minimum absolute atomic E-state index is 0.118. The van der Waals surface area contributed by atoms with Crippen molar-refractivity contribution in [2.24, 2.45) is 0 Å². The molecule has 1 heterocycles. The second-order valence-electron chi connectivity index (χ2n) is 5.91. The van der Waals surface area contributed by atoms with Crippen LogP contribution in [0.1, 0.15) is 6.42 Å². The number of sulfone groups is 1. The molecule has 0 fully saturated rings. The van der Waals surface area contributed by atoms with Crippen LogP contribution in [0.15, 0.2) is 57.8 Å². The number of carbonyl (C=O) groups is 1. The van der Waals surface area contributed by atoms with E-state index in [1.807, 2.05) is 0 Å². The first-order valence-corrected chi connectivity index (χ1v) is 10.2. The lowest BCUT2D eigenvalue weighted by molar-refractivity contribution is -0.115. The van der Waals surface area contributed by atoms with E-state index in [4.69, 9.17) is 13.9 Å². The molecule has 0 aliphatic carbocycles. The monoisotopic (exact) mass is 417 g/mol. The Morgan fingerprint density at radius 3 is 2.52 bits per heavy atom. The molecule has 9 nitrogen and oxygen atoms in total. The SMILES string of the molecule is COc1ccc(OC)c(-c2nnc(NC(=O)CCS(=O)(=O)c3ccccc3)o2)c1. The average molecular weight is 417 g/mol. The molecule has 1 aromatic heterocycles. The van der Waals surface area contributed by atoms with Crippen LogP contribution in [0.25, 0.3) is 11.5 Å². The zero-order valence-corrected chi connectivity index (χ0v) is 16.6. The summed E-state index contributed by atoms with van der Waals surface area (Å²) in [5.74, 6) is 0.273. The summed E-state index contributed by atoms with van der Waals surface area (Å²) in [7, 11) is -0.540. The van der Waals surface area contributed by atoms with Gasteiger partial charge in [0.25, 0.3) is 5.89 Å². The normalized spacial score (nSPS) is 11.1. The highest BCUT2D eigenvalue weighted by atomic mass is 32.2. The van der Waals surface area contributed by atoms with Crippen LogP contribution in [-0.2, 0) is 14.6 Å². The highest BCUT2D eigenvalue weighted by Crippen LogP contribution is 2.33. The minimum atomic E-state index is -3.56. The number of anilines is 1. The summed E-state index contributed by atoms with van der Waals surface area (Å²) < 4.78 is 40.4. The first kappa shape index (κ1) is 20.3. The van der Waals surface area contributed by atoms with Crippen molar-refractivity contribution >= 4 is 21.8 Å². The molecule has 1 N–H and O–H groups in total. The number of benzene rings is 2. The van der Waals surface area contributed by atoms with E-state index in [9.17, 15) is 13.2 Å². The predicted octanol–water partition coefficient (Wildman–Crippen LogP) is 2.56. The molecule has 0 saturated heterocycles. The fourth-order valence-corrected chi connectivity index (χ4v) is 3.78. The zero-order chi connectivity index (χ0) is 20.9. The van der Waals surface area contributed by atoms with E-state index < -0.39 is 15.7 Å². The summed E-state index contributed by atoms with van der Waals surface area (Å²) in [6.07, 6.45) is -0.253. The lowest BCUT2D eigenvalue weighted by Gasteiger charge is -2.07. The van der Waals surface area contributed by atoms with Crippen LogP contribution < -0.4 is 14.8 Å². The summed E-state index contributed by atoms with van der Waals surface area (Å²) in [5.41, 5.74) is 0.492. The third-order valence-electron chi connectivity index (χ3n) is 4.01. The van der Waals surface area contributed by atoms with Crippen molar-refractivity contribution in [3.05, 3.63) is 48.5 Å². The van der Waals surface area contributed by atoms with Crippen LogP contribution in [0, 0.1) is 0 Å². The van der Waals surface area contributed by atoms with Gasteiger partial charge in [-0.25, -0.2) is 8.42 Å². The molecule has 0 atom stereocenters. The van der Waals surface area contributed by atoms with Crippen LogP contribution in [0.3, 0.4) is 0 Å². The number of methoxy groups -OCH3 is 2. The minimum Gasteiger partial charge on any atom is -0.497 e. The fourth-order valence-electron chi connectivity index (χ4n) is 2.52. The van der Waals surface area contributed by atoms with E-state index in [0.717, 1.165) is 0 Å². The summed E-state index contributed by atoms with van der Waals surface area (Å²) >= 11 is 0. The van der Waals surface area contributed by atoms with Crippen LogP contribution in [0.2, 0.25) is 0 Å². The number of rotatable bonds is 8. The van der Waals surface area contributed by atoms with Crippen LogP contribution >= 0.6 is 0 Å². The van der Waals surface area contributed by atoms with E-state index in [1.54, 1.807) is 36.4 Å². The molecule has 0 bridgehead atoms. The van der Waals surface area contributed by atoms with E-state index in [1.165, 1.54) is 26.4 Å². The van der Waals surface area contributed by atoms with Crippen molar-refractivity contribution in [2.75, 3.05) is 25.3 Å². The van der Waals surface area contributed by atoms with Gasteiger partial charge in [-0.05, 0) is 30.3 Å². The lowest BCUT2D eigenvalue weighted by atomic mass is 10.2. The Morgan fingerprint density at radius 2 is 1.83 bits per heavy atom. The van der Waals surface area contributed by atoms with E-state index in [-0.39, 0.29) is 29.0 Å². The van der Waals surface area contributed by atoms with Gasteiger partial charge in [-0.15, -0.1) is 5.10 Å². The molecule has 0 aliphatic rings. The maximum absolute atomic E-state index is 12.3. The van der Waals surface area contributed by atoms with Gasteiger partial charge in [-0.3, -0.25) is 10.1 Å². The van der Waals surface area contributed by atoms with E-state index >= 15 is 0 Å². The quantitative estimate of drug-likeness (QED) is 0.594. The first-order valence-electron chi connectivity index (χ1n) is 8.56. The maximum atomic E-state index is 12.3. The average Bonchev–Trinajstić information content (AvgIpc) is 3.20. The Kier molecular flexibility index (Phi) is 6.13. The zero-order valence-electron chi connectivity index (χ0n) is 15.8. The molecule has 3 rings (SSSR count). The number of carbonyl (C=O) groups excluding carboxylic acids is 1. The van der Waals surface area contributed by atoms with Crippen molar-refractivity contribution in [3.8, 4) is 23.0 Å². The number of hydrogen-bond acceptors (Lipinski definition) is 8. The summed E-state index contributed by atoms with van der Waals surface area (Å²) in [6, 6.07) is 12.9. The molecule has 29 heavy (non-hydrogen) atoms. The summed E-state index contributed by atoms with van der Waals surface area (Å²) in [4.78, 5) is 12.3. The summed E-state index contributed by atoms with van der Waals surface area (Å²) in [6.45, 7) is 0. The van der Waals surface area contributed by atoms with Gasteiger partial charge in [-0.1, -0.05) is 23.3 Å². The Bertz CT molecular complexity index is 1100. The summed E-state index contributed by atoms with van der Waals surface area (Å²) in [5, 5.41) is 10.1.